The fraction of sp³-hybridized carbons (Fsp3) is 0.333. The molecule has 4 aromatic carbocycles. The smallest absolute Gasteiger partial charge is 0.119 e. The minimum absolute atomic E-state index is 0.0276. The van der Waals surface area contributed by atoms with Gasteiger partial charge in [-0.2, -0.15) is 0 Å². The molecule has 0 aliphatic carbocycles. The molecule has 2 unspecified atom stereocenters. The molecule has 47 heavy (non-hydrogen) atoms. The summed E-state index contributed by atoms with van der Waals surface area (Å²) in [5.41, 5.74) is 4.28. The van der Waals surface area contributed by atoms with Gasteiger partial charge in [-0.3, -0.25) is 0 Å². The molecule has 2 atom stereocenters. The van der Waals surface area contributed by atoms with Gasteiger partial charge in [-0.15, -0.1) is 6.58 Å². The van der Waals surface area contributed by atoms with Crippen molar-refractivity contribution < 1.29 is 39.3 Å². The van der Waals surface area contributed by atoms with Gasteiger partial charge in [0.1, 0.15) is 61.6 Å². The molecule has 0 saturated carbocycles. The van der Waals surface area contributed by atoms with E-state index in [2.05, 4.69) is 46.4 Å². The van der Waals surface area contributed by atoms with Crippen molar-refractivity contribution in [1.29, 1.82) is 0 Å². The Hall–Kier alpha value is -4.34. The molecule has 0 spiro atoms. The lowest BCUT2D eigenvalue weighted by Gasteiger charge is -2.26. The van der Waals surface area contributed by atoms with Crippen molar-refractivity contribution in [2.75, 3.05) is 33.0 Å². The second kappa shape index (κ2) is 16.5. The lowest BCUT2D eigenvalue weighted by atomic mass is 9.78. The minimum Gasteiger partial charge on any atom is -0.508 e. The van der Waals surface area contributed by atoms with E-state index < -0.39 is 6.10 Å². The summed E-state index contributed by atoms with van der Waals surface area (Å²) >= 11 is 0. The molecule has 1 saturated heterocycles. The zero-order valence-corrected chi connectivity index (χ0v) is 27.6. The average Bonchev–Trinajstić information content (AvgIpc) is 3.91. The number of phenols is 2. The predicted octanol–water partition coefficient (Wildman–Crippen LogP) is 7.09. The molecule has 1 fully saturated rings. The van der Waals surface area contributed by atoms with E-state index in [0.29, 0.717) is 18.1 Å². The van der Waals surface area contributed by atoms with Gasteiger partial charge in [-0.05, 0) is 70.8 Å². The van der Waals surface area contributed by atoms with Crippen LogP contribution < -0.4 is 9.47 Å². The van der Waals surface area contributed by atoms with Crippen molar-refractivity contribution in [3.05, 3.63) is 132 Å². The Labute approximate surface area is 277 Å². The summed E-state index contributed by atoms with van der Waals surface area (Å²) in [5.74, 6) is 2.09. The van der Waals surface area contributed by atoms with Crippen LogP contribution >= 0.6 is 0 Å². The number of rotatable bonds is 15. The van der Waals surface area contributed by atoms with Crippen molar-refractivity contribution >= 4 is 0 Å². The number of phenolic OH excluding ortho intramolecular Hbond substituents is 2. The molecular formula is C39H46O8. The van der Waals surface area contributed by atoms with Crippen LogP contribution in [0.1, 0.15) is 49.9 Å². The summed E-state index contributed by atoms with van der Waals surface area (Å²) in [6.07, 6.45) is 1.05. The zero-order valence-electron chi connectivity index (χ0n) is 27.6. The Morgan fingerprint density at radius 1 is 0.681 bits per heavy atom. The van der Waals surface area contributed by atoms with Crippen LogP contribution in [0.15, 0.2) is 110 Å². The van der Waals surface area contributed by atoms with Crippen molar-refractivity contribution in [2.45, 2.75) is 50.7 Å². The quantitative estimate of drug-likeness (QED) is 0.0415. The number of aliphatic hydroxyl groups is 1. The fourth-order valence-corrected chi connectivity index (χ4v) is 4.84. The lowest BCUT2D eigenvalue weighted by Crippen LogP contribution is -2.23. The first-order chi connectivity index (χ1) is 22.5. The third kappa shape index (κ3) is 10.6. The Morgan fingerprint density at radius 2 is 1.09 bits per heavy atom. The van der Waals surface area contributed by atoms with Crippen LogP contribution in [0.4, 0.5) is 0 Å². The first-order valence-corrected chi connectivity index (χ1v) is 15.7. The normalized spacial score (nSPS) is 14.8. The molecular weight excluding hydrogens is 596 g/mol. The molecule has 8 heteroatoms. The van der Waals surface area contributed by atoms with E-state index in [0.717, 1.165) is 23.5 Å². The van der Waals surface area contributed by atoms with Crippen LogP contribution in [-0.4, -0.2) is 60.6 Å². The molecule has 3 N–H and O–H groups in total. The molecule has 5 rings (SSSR count). The van der Waals surface area contributed by atoms with Gasteiger partial charge in [-0.25, -0.2) is 9.78 Å². The molecule has 1 aliphatic heterocycles. The van der Waals surface area contributed by atoms with Crippen LogP contribution in [0.5, 0.6) is 23.0 Å². The highest BCUT2D eigenvalue weighted by Crippen LogP contribution is 2.34. The zero-order chi connectivity index (χ0) is 33.9. The molecule has 1 aliphatic rings. The topological polar surface area (TPSA) is 110 Å². The third-order valence-corrected chi connectivity index (χ3v) is 8.14. The molecule has 4 aromatic rings. The largest absolute Gasteiger partial charge is 0.508 e. The highest BCUT2D eigenvalue weighted by atomic mass is 17.2. The Bertz CT molecular complexity index is 1510. The van der Waals surface area contributed by atoms with Crippen molar-refractivity contribution in [1.82, 2.24) is 0 Å². The van der Waals surface area contributed by atoms with Gasteiger partial charge < -0.3 is 29.5 Å². The summed E-state index contributed by atoms with van der Waals surface area (Å²) in [7, 11) is 0. The monoisotopic (exact) mass is 642 g/mol. The number of aromatic hydroxyl groups is 2. The lowest BCUT2D eigenvalue weighted by molar-refractivity contribution is -0.298. The van der Waals surface area contributed by atoms with E-state index in [1.807, 2.05) is 60.7 Å². The SMILES string of the molecule is C=CCOOCC(O)COc1ccc(C(C)(C)c2ccc(O)cc2)cc1.CC(C)(c1ccc(O)cc1)c1ccc(OCC2CO2)cc1. The van der Waals surface area contributed by atoms with E-state index in [-0.39, 0.29) is 42.5 Å². The molecule has 0 aromatic heterocycles. The minimum atomic E-state index is -0.784. The maximum Gasteiger partial charge on any atom is 0.119 e. The highest BCUT2D eigenvalue weighted by Gasteiger charge is 2.25. The number of epoxide rings is 1. The predicted molar refractivity (Wildman–Crippen MR) is 182 cm³/mol. The molecule has 0 amide bonds. The summed E-state index contributed by atoms with van der Waals surface area (Å²) in [4.78, 5) is 9.59. The Kier molecular flexibility index (Phi) is 12.4. The average molecular weight is 643 g/mol. The van der Waals surface area contributed by atoms with Gasteiger partial charge in [0, 0.05) is 10.8 Å². The molecule has 1 heterocycles. The van der Waals surface area contributed by atoms with E-state index in [9.17, 15) is 15.3 Å². The second-order valence-corrected chi connectivity index (χ2v) is 12.5. The van der Waals surface area contributed by atoms with E-state index in [4.69, 9.17) is 24.0 Å². The van der Waals surface area contributed by atoms with Crippen molar-refractivity contribution in [3.63, 3.8) is 0 Å². The number of hydrogen-bond donors (Lipinski definition) is 3. The van der Waals surface area contributed by atoms with Gasteiger partial charge in [0.2, 0.25) is 0 Å². The maximum absolute atomic E-state index is 9.79. The van der Waals surface area contributed by atoms with Crippen LogP contribution in [0.25, 0.3) is 0 Å². The second-order valence-electron chi connectivity index (χ2n) is 12.5. The molecule has 250 valence electrons. The summed E-state index contributed by atoms with van der Waals surface area (Å²) in [6, 6.07) is 30.5. The van der Waals surface area contributed by atoms with Gasteiger partial charge in [0.15, 0.2) is 0 Å². The van der Waals surface area contributed by atoms with Crippen LogP contribution in [0.2, 0.25) is 0 Å². The van der Waals surface area contributed by atoms with Gasteiger partial charge in [0.25, 0.3) is 0 Å². The first kappa shape index (κ1) is 35.5. The van der Waals surface area contributed by atoms with Crippen LogP contribution in [0, 0.1) is 0 Å². The van der Waals surface area contributed by atoms with Crippen molar-refractivity contribution in [2.24, 2.45) is 0 Å². The number of ether oxygens (including phenoxy) is 3. The Balaban J connectivity index is 0.000000217. The first-order valence-electron chi connectivity index (χ1n) is 15.7. The van der Waals surface area contributed by atoms with E-state index in [1.54, 1.807) is 30.3 Å². The highest BCUT2D eigenvalue weighted by molar-refractivity contribution is 5.43. The van der Waals surface area contributed by atoms with Gasteiger partial charge in [0.05, 0.1) is 6.61 Å². The standard InChI is InChI=1S/C21H26O5.C18H20O3/c1-4-13-25-26-15-19(23)14-24-20-11-7-17(8-12-20)21(2,3)16-5-9-18(22)10-6-16;1-18(2,13-3-7-15(19)8-4-13)14-5-9-16(10-6-14)20-11-17-12-21-17/h4-12,19,22-23H,1,13-15H2,2-3H3;3-10,17,19H,11-12H2,1-2H3. The van der Waals surface area contributed by atoms with E-state index >= 15 is 0 Å². The van der Waals surface area contributed by atoms with Gasteiger partial charge >= 0.3 is 0 Å². The van der Waals surface area contributed by atoms with Crippen molar-refractivity contribution in [3.8, 4) is 23.0 Å². The van der Waals surface area contributed by atoms with Crippen LogP contribution in [0.3, 0.4) is 0 Å². The maximum atomic E-state index is 9.79. The summed E-state index contributed by atoms with van der Waals surface area (Å²) in [5, 5.41) is 28.7. The Morgan fingerprint density at radius 3 is 1.49 bits per heavy atom. The van der Waals surface area contributed by atoms with Crippen LogP contribution in [-0.2, 0) is 25.3 Å². The molecule has 0 bridgehead atoms. The third-order valence-electron chi connectivity index (χ3n) is 8.14. The van der Waals surface area contributed by atoms with E-state index in [1.165, 1.54) is 11.1 Å². The number of benzene rings is 4. The number of aliphatic hydroxyl groups excluding tert-OH is 1. The summed E-state index contributed by atoms with van der Waals surface area (Å²) in [6.45, 7) is 13.9. The molecule has 8 nitrogen and oxygen atoms in total. The van der Waals surface area contributed by atoms with Gasteiger partial charge in [-0.1, -0.05) is 82.3 Å². The summed E-state index contributed by atoms with van der Waals surface area (Å²) < 4.78 is 16.4. The fourth-order valence-electron chi connectivity index (χ4n) is 4.84. The molecule has 0 radical (unpaired) electrons. The number of hydrogen-bond acceptors (Lipinski definition) is 8.